The van der Waals surface area contributed by atoms with E-state index in [2.05, 4.69) is 5.32 Å². The summed E-state index contributed by atoms with van der Waals surface area (Å²) in [6.07, 6.45) is -4.70. The number of nitrogens with one attached hydrogen (secondary N) is 1. The van der Waals surface area contributed by atoms with Crippen molar-refractivity contribution in [2.45, 2.75) is 32.0 Å². The molecule has 1 aromatic rings. The van der Waals surface area contributed by atoms with Crippen molar-refractivity contribution in [1.29, 1.82) is 0 Å². The minimum absolute atomic E-state index is 0.368. The molecule has 114 valence electrons. The minimum Gasteiger partial charge on any atom is -0.372 e. The number of benzene rings is 1. The van der Waals surface area contributed by atoms with Crippen molar-refractivity contribution < 1.29 is 17.9 Å². The van der Waals surface area contributed by atoms with Gasteiger partial charge in [0.05, 0.1) is 19.1 Å². The predicted octanol–water partition coefficient (Wildman–Crippen LogP) is 4.35. The minimum atomic E-state index is -4.21. The summed E-state index contributed by atoms with van der Waals surface area (Å²) in [6.45, 7) is 2.87. The molecule has 0 aliphatic rings. The quantitative estimate of drug-likeness (QED) is 0.721. The SMILES string of the molecule is CCCNCC(OCCC(F)(F)F)c1ccccc1Cl. The van der Waals surface area contributed by atoms with E-state index in [0.717, 1.165) is 13.0 Å². The Balaban J connectivity index is 2.63. The molecule has 1 N–H and O–H groups in total. The molecule has 0 bridgehead atoms. The van der Waals surface area contributed by atoms with Crippen LogP contribution >= 0.6 is 11.6 Å². The molecule has 1 aromatic carbocycles. The molecule has 0 aliphatic heterocycles. The van der Waals surface area contributed by atoms with Crippen LogP contribution < -0.4 is 5.32 Å². The van der Waals surface area contributed by atoms with Gasteiger partial charge in [0.15, 0.2) is 0 Å². The average Bonchev–Trinajstić information content (AvgIpc) is 2.37. The third-order valence-corrected chi connectivity index (χ3v) is 3.06. The summed E-state index contributed by atoms with van der Waals surface area (Å²) in [5.41, 5.74) is 0.708. The van der Waals surface area contributed by atoms with Crippen LogP contribution in [0.5, 0.6) is 0 Å². The van der Waals surface area contributed by atoms with Gasteiger partial charge in [0.25, 0.3) is 0 Å². The van der Waals surface area contributed by atoms with Crippen LogP contribution in [0.15, 0.2) is 24.3 Å². The maximum absolute atomic E-state index is 12.2. The van der Waals surface area contributed by atoms with Gasteiger partial charge in [-0.15, -0.1) is 0 Å². The van der Waals surface area contributed by atoms with Crippen molar-refractivity contribution in [2.75, 3.05) is 19.7 Å². The standard InChI is InChI=1S/C14H19ClF3NO/c1-2-8-19-10-13(20-9-7-14(16,17)18)11-5-3-4-6-12(11)15/h3-6,13,19H,2,7-10H2,1H3. The van der Waals surface area contributed by atoms with Crippen molar-refractivity contribution in [3.63, 3.8) is 0 Å². The molecule has 1 unspecified atom stereocenters. The Kier molecular flexibility index (Phi) is 7.34. The first kappa shape index (κ1) is 17.3. The van der Waals surface area contributed by atoms with Crippen LogP contribution in [-0.4, -0.2) is 25.9 Å². The van der Waals surface area contributed by atoms with Crippen molar-refractivity contribution in [3.05, 3.63) is 34.9 Å². The third kappa shape index (κ3) is 6.59. The van der Waals surface area contributed by atoms with E-state index < -0.39 is 18.7 Å². The first-order valence-electron chi connectivity index (χ1n) is 6.57. The molecule has 0 heterocycles. The molecule has 0 saturated carbocycles. The normalized spacial score (nSPS) is 13.4. The van der Waals surface area contributed by atoms with Gasteiger partial charge in [-0.2, -0.15) is 13.2 Å². The number of ether oxygens (including phenoxy) is 1. The lowest BCUT2D eigenvalue weighted by Crippen LogP contribution is -2.25. The monoisotopic (exact) mass is 309 g/mol. The van der Waals surface area contributed by atoms with Gasteiger partial charge < -0.3 is 10.1 Å². The van der Waals surface area contributed by atoms with Gasteiger partial charge in [-0.05, 0) is 19.0 Å². The van der Waals surface area contributed by atoms with E-state index in [9.17, 15) is 13.2 Å². The molecule has 1 rings (SSSR count). The molecule has 1 atom stereocenters. The van der Waals surface area contributed by atoms with Crippen molar-refractivity contribution >= 4 is 11.6 Å². The molecule has 0 aromatic heterocycles. The van der Waals surface area contributed by atoms with E-state index in [4.69, 9.17) is 16.3 Å². The molecule has 6 heteroatoms. The molecule has 0 saturated heterocycles. The summed E-state index contributed by atoms with van der Waals surface area (Å²) in [7, 11) is 0. The molecule has 0 aliphatic carbocycles. The highest BCUT2D eigenvalue weighted by atomic mass is 35.5. The fourth-order valence-electron chi connectivity index (χ4n) is 1.72. The largest absolute Gasteiger partial charge is 0.391 e. The summed E-state index contributed by atoms with van der Waals surface area (Å²) in [4.78, 5) is 0. The summed E-state index contributed by atoms with van der Waals surface area (Å²) in [6, 6.07) is 7.05. The lowest BCUT2D eigenvalue weighted by Gasteiger charge is -2.20. The topological polar surface area (TPSA) is 21.3 Å². The van der Waals surface area contributed by atoms with Crippen LogP contribution in [0.4, 0.5) is 13.2 Å². The fraction of sp³-hybridized carbons (Fsp3) is 0.571. The van der Waals surface area contributed by atoms with E-state index in [1.54, 1.807) is 24.3 Å². The van der Waals surface area contributed by atoms with Gasteiger partial charge in [0, 0.05) is 17.1 Å². The molecule has 20 heavy (non-hydrogen) atoms. The lowest BCUT2D eigenvalue weighted by molar-refractivity contribution is -0.149. The van der Waals surface area contributed by atoms with E-state index in [-0.39, 0.29) is 6.61 Å². The van der Waals surface area contributed by atoms with Gasteiger partial charge in [0.2, 0.25) is 0 Å². The highest BCUT2D eigenvalue weighted by molar-refractivity contribution is 6.31. The smallest absolute Gasteiger partial charge is 0.372 e. The van der Waals surface area contributed by atoms with Gasteiger partial charge in [0.1, 0.15) is 0 Å². The van der Waals surface area contributed by atoms with Crippen molar-refractivity contribution in [1.82, 2.24) is 5.32 Å². The summed E-state index contributed by atoms with van der Waals surface area (Å²) in [5.74, 6) is 0. The summed E-state index contributed by atoms with van der Waals surface area (Å²) < 4.78 is 41.9. The van der Waals surface area contributed by atoms with E-state index in [0.29, 0.717) is 17.1 Å². The fourth-order valence-corrected chi connectivity index (χ4v) is 1.98. The zero-order valence-electron chi connectivity index (χ0n) is 11.3. The molecule has 0 radical (unpaired) electrons. The van der Waals surface area contributed by atoms with Crippen LogP contribution in [0.25, 0.3) is 0 Å². The van der Waals surface area contributed by atoms with Crippen LogP contribution in [-0.2, 0) is 4.74 Å². The molecule has 0 fully saturated rings. The van der Waals surface area contributed by atoms with Crippen molar-refractivity contribution in [2.24, 2.45) is 0 Å². The van der Waals surface area contributed by atoms with Crippen LogP contribution in [0.3, 0.4) is 0 Å². The number of hydrogen-bond donors (Lipinski definition) is 1. The second-order valence-corrected chi connectivity index (χ2v) is 4.86. The summed E-state index contributed by atoms with van der Waals surface area (Å²) in [5, 5.41) is 3.65. The Labute approximate surface area is 122 Å². The zero-order valence-corrected chi connectivity index (χ0v) is 12.1. The van der Waals surface area contributed by atoms with Crippen molar-refractivity contribution in [3.8, 4) is 0 Å². The van der Waals surface area contributed by atoms with Gasteiger partial charge in [-0.1, -0.05) is 36.7 Å². The number of alkyl halides is 3. The molecular formula is C14H19ClF3NO. The first-order chi connectivity index (χ1) is 9.44. The van der Waals surface area contributed by atoms with E-state index in [1.807, 2.05) is 6.92 Å². The van der Waals surface area contributed by atoms with Crippen LogP contribution in [0.1, 0.15) is 31.4 Å². The second kappa shape index (κ2) is 8.49. The Bertz CT molecular complexity index is 398. The second-order valence-electron chi connectivity index (χ2n) is 4.45. The van der Waals surface area contributed by atoms with E-state index in [1.165, 1.54) is 0 Å². The maximum Gasteiger partial charge on any atom is 0.391 e. The number of halogens is 4. The molecule has 0 spiro atoms. The number of hydrogen-bond acceptors (Lipinski definition) is 2. The van der Waals surface area contributed by atoms with Gasteiger partial charge >= 0.3 is 6.18 Å². The summed E-state index contributed by atoms with van der Waals surface area (Å²) >= 11 is 6.07. The van der Waals surface area contributed by atoms with Gasteiger partial charge in [-0.3, -0.25) is 0 Å². The first-order valence-corrected chi connectivity index (χ1v) is 6.95. The Hall–Kier alpha value is -0.780. The Morgan fingerprint density at radius 3 is 2.60 bits per heavy atom. The van der Waals surface area contributed by atoms with E-state index >= 15 is 0 Å². The predicted molar refractivity (Wildman–Crippen MR) is 74.0 cm³/mol. The highest BCUT2D eigenvalue weighted by Crippen LogP contribution is 2.27. The van der Waals surface area contributed by atoms with Crippen LogP contribution in [0.2, 0.25) is 5.02 Å². The van der Waals surface area contributed by atoms with Crippen LogP contribution in [0, 0.1) is 0 Å². The average molecular weight is 310 g/mol. The number of rotatable bonds is 8. The zero-order chi connectivity index (χ0) is 15.0. The highest BCUT2D eigenvalue weighted by Gasteiger charge is 2.27. The molecular weight excluding hydrogens is 291 g/mol. The Morgan fingerprint density at radius 2 is 2.00 bits per heavy atom. The van der Waals surface area contributed by atoms with Gasteiger partial charge in [-0.25, -0.2) is 0 Å². The Morgan fingerprint density at radius 1 is 1.30 bits per heavy atom. The lowest BCUT2D eigenvalue weighted by atomic mass is 10.1. The molecule has 2 nitrogen and oxygen atoms in total. The third-order valence-electron chi connectivity index (χ3n) is 2.71. The maximum atomic E-state index is 12.2. The molecule has 0 amide bonds.